The fourth-order valence-corrected chi connectivity index (χ4v) is 2.50. The average Bonchev–Trinajstić information content (AvgIpc) is 2.60. The van der Waals surface area contributed by atoms with Crippen molar-refractivity contribution < 1.29 is 4.79 Å². The van der Waals surface area contributed by atoms with E-state index in [4.69, 9.17) is 0 Å². The standard InChI is InChI=1S/C14H19NO/c1-4-12-8-13(16)15(9-12)14-10(2)6-5-7-11(14)3/h5-7,12H,4,8-9H2,1-3H3. The van der Waals surface area contributed by atoms with E-state index < -0.39 is 0 Å². The van der Waals surface area contributed by atoms with Crippen molar-refractivity contribution in [1.29, 1.82) is 0 Å². The first-order chi connectivity index (χ1) is 7.63. The number of nitrogens with zero attached hydrogens (tertiary/aromatic N) is 1. The number of aryl methyl sites for hydroxylation is 2. The van der Waals surface area contributed by atoms with Gasteiger partial charge in [0.05, 0.1) is 0 Å². The van der Waals surface area contributed by atoms with Crippen LogP contribution in [0.15, 0.2) is 18.2 Å². The quantitative estimate of drug-likeness (QED) is 0.745. The van der Waals surface area contributed by atoms with Crippen LogP contribution in [-0.2, 0) is 4.79 Å². The number of rotatable bonds is 2. The molecule has 0 aliphatic carbocycles. The Morgan fingerprint density at radius 3 is 2.44 bits per heavy atom. The lowest BCUT2D eigenvalue weighted by Gasteiger charge is -2.21. The Bertz CT molecular complexity index is 391. The number of carbonyl (C=O) groups excluding carboxylic acids is 1. The molecule has 86 valence electrons. The molecule has 2 nitrogen and oxygen atoms in total. The van der Waals surface area contributed by atoms with Crippen LogP contribution in [0.1, 0.15) is 30.9 Å². The predicted molar refractivity (Wildman–Crippen MR) is 66.7 cm³/mol. The zero-order valence-corrected chi connectivity index (χ0v) is 10.3. The summed E-state index contributed by atoms with van der Waals surface area (Å²) in [7, 11) is 0. The van der Waals surface area contributed by atoms with E-state index in [1.807, 2.05) is 11.0 Å². The maximum atomic E-state index is 12.0. The summed E-state index contributed by atoms with van der Waals surface area (Å²) >= 11 is 0. The van der Waals surface area contributed by atoms with Crippen LogP contribution in [0, 0.1) is 19.8 Å². The Morgan fingerprint density at radius 2 is 1.94 bits per heavy atom. The highest BCUT2D eigenvalue weighted by Crippen LogP contribution is 2.31. The summed E-state index contributed by atoms with van der Waals surface area (Å²) in [6.45, 7) is 7.21. The Hall–Kier alpha value is -1.31. The monoisotopic (exact) mass is 217 g/mol. The molecule has 0 N–H and O–H groups in total. The molecule has 1 amide bonds. The van der Waals surface area contributed by atoms with Crippen LogP contribution >= 0.6 is 0 Å². The highest BCUT2D eigenvalue weighted by molar-refractivity contribution is 5.97. The molecule has 0 bridgehead atoms. The van der Waals surface area contributed by atoms with Crippen molar-refractivity contribution in [2.24, 2.45) is 5.92 Å². The third kappa shape index (κ3) is 1.84. The molecule has 0 saturated carbocycles. The maximum Gasteiger partial charge on any atom is 0.227 e. The number of anilines is 1. The van der Waals surface area contributed by atoms with Gasteiger partial charge in [-0.05, 0) is 30.9 Å². The maximum absolute atomic E-state index is 12.0. The van der Waals surface area contributed by atoms with E-state index in [0.29, 0.717) is 12.3 Å². The Labute approximate surface area is 97.3 Å². The van der Waals surface area contributed by atoms with Crippen molar-refractivity contribution in [3.05, 3.63) is 29.3 Å². The minimum atomic E-state index is 0.282. The second-order valence-electron chi connectivity index (χ2n) is 4.72. The molecule has 1 aromatic rings. The number of para-hydroxylation sites is 1. The molecule has 0 aromatic heterocycles. The topological polar surface area (TPSA) is 20.3 Å². The molecule has 1 saturated heterocycles. The molecule has 2 rings (SSSR count). The van der Waals surface area contributed by atoms with Crippen LogP contribution < -0.4 is 4.90 Å². The molecular formula is C14H19NO. The second kappa shape index (κ2) is 4.28. The van der Waals surface area contributed by atoms with Gasteiger partial charge in [0.1, 0.15) is 0 Å². The first-order valence-corrected chi connectivity index (χ1v) is 6.00. The summed E-state index contributed by atoms with van der Waals surface area (Å²) in [6.07, 6.45) is 1.80. The van der Waals surface area contributed by atoms with Crippen LogP contribution in [0.5, 0.6) is 0 Å². The molecule has 1 aromatic carbocycles. The van der Waals surface area contributed by atoms with E-state index in [9.17, 15) is 4.79 Å². The van der Waals surface area contributed by atoms with E-state index >= 15 is 0 Å². The summed E-state index contributed by atoms with van der Waals surface area (Å²) < 4.78 is 0. The summed E-state index contributed by atoms with van der Waals surface area (Å²) in [5.41, 5.74) is 3.53. The molecule has 1 heterocycles. The lowest BCUT2D eigenvalue weighted by Crippen LogP contribution is -2.26. The van der Waals surface area contributed by atoms with Crippen molar-refractivity contribution in [2.45, 2.75) is 33.6 Å². The number of hydrogen-bond donors (Lipinski definition) is 0. The minimum Gasteiger partial charge on any atom is -0.312 e. The van der Waals surface area contributed by atoms with E-state index in [2.05, 4.69) is 32.9 Å². The van der Waals surface area contributed by atoms with E-state index in [1.54, 1.807) is 0 Å². The van der Waals surface area contributed by atoms with Crippen LogP contribution in [0.25, 0.3) is 0 Å². The molecule has 1 fully saturated rings. The van der Waals surface area contributed by atoms with Gasteiger partial charge in [-0.1, -0.05) is 31.5 Å². The molecular weight excluding hydrogens is 198 g/mol. The molecule has 16 heavy (non-hydrogen) atoms. The molecule has 1 unspecified atom stereocenters. The molecule has 2 heteroatoms. The normalized spacial score (nSPS) is 20.6. The summed E-state index contributed by atoms with van der Waals surface area (Å²) in [5, 5.41) is 0. The predicted octanol–water partition coefficient (Wildman–Crippen LogP) is 3.07. The van der Waals surface area contributed by atoms with Crippen molar-refractivity contribution in [3.63, 3.8) is 0 Å². The molecule has 1 atom stereocenters. The number of amides is 1. The summed E-state index contributed by atoms with van der Waals surface area (Å²) in [5.74, 6) is 0.816. The van der Waals surface area contributed by atoms with Gasteiger partial charge >= 0.3 is 0 Å². The summed E-state index contributed by atoms with van der Waals surface area (Å²) in [4.78, 5) is 13.9. The van der Waals surface area contributed by atoms with Crippen molar-refractivity contribution >= 4 is 11.6 Å². The van der Waals surface area contributed by atoms with Crippen molar-refractivity contribution in [3.8, 4) is 0 Å². The molecule has 1 aliphatic rings. The van der Waals surface area contributed by atoms with Crippen molar-refractivity contribution in [1.82, 2.24) is 0 Å². The number of carbonyl (C=O) groups is 1. The average molecular weight is 217 g/mol. The van der Waals surface area contributed by atoms with Crippen LogP contribution in [0.4, 0.5) is 5.69 Å². The molecule has 0 spiro atoms. The molecule has 1 aliphatic heterocycles. The smallest absolute Gasteiger partial charge is 0.227 e. The van der Waals surface area contributed by atoms with E-state index in [-0.39, 0.29) is 5.91 Å². The van der Waals surface area contributed by atoms with Crippen LogP contribution in [0.3, 0.4) is 0 Å². The van der Waals surface area contributed by atoms with Gasteiger partial charge in [0.2, 0.25) is 5.91 Å². The Morgan fingerprint density at radius 1 is 1.31 bits per heavy atom. The first kappa shape index (κ1) is 11.2. The highest BCUT2D eigenvalue weighted by Gasteiger charge is 2.30. The SMILES string of the molecule is CCC1CC(=O)N(c2c(C)cccc2C)C1. The fourth-order valence-electron chi connectivity index (χ4n) is 2.50. The number of hydrogen-bond acceptors (Lipinski definition) is 1. The van der Waals surface area contributed by atoms with Gasteiger partial charge in [-0.25, -0.2) is 0 Å². The zero-order chi connectivity index (χ0) is 11.7. The van der Waals surface area contributed by atoms with Crippen molar-refractivity contribution in [2.75, 3.05) is 11.4 Å². The van der Waals surface area contributed by atoms with Gasteiger partial charge in [0, 0.05) is 18.7 Å². The van der Waals surface area contributed by atoms with E-state index in [1.165, 1.54) is 11.1 Å². The summed E-state index contributed by atoms with van der Waals surface area (Å²) in [6, 6.07) is 6.20. The van der Waals surface area contributed by atoms with Gasteiger partial charge in [-0.15, -0.1) is 0 Å². The van der Waals surface area contributed by atoms with Crippen LogP contribution in [0.2, 0.25) is 0 Å². The lowest BCUT2D eigenvalue weighted by atomic mass is 10.1. The highest BCUT2D eigenvalue weighted by atomic mass is 16.2. The third-order valence-corrected chi connectivity index (χ3v) is 3.49. The van der Waals surface area contributed by atoms with Gasteiger partial charge in [0.25, 0.3) is 0 Å². The first-order valence-electron chi connectivity index (χ1n) is 6.00. The second-order valence-corrected chi connectivity index (χ2v) is 4.72. The van der Waals surface area contributed by atoms with Gasteiger partial charge < -0.3 is 4.90 Å². The Kier molecular flexibility index (Phi) is 2.99. The van der Waals surface area contributed by atoms with Gasteiger partial charge in [0.15, 0.2) is 0 Å². The minimum absolute atomic E-state index is 0.282. The van der Waals surface area contributed by atoms with E-state index in [0.717, 1.165) is 18.7 Å². The Balaban J connectivity index is 2.35. The fraction of sp³-hybridized carbons (Fsp3) is 0.500. The zero-order valence-electron chi connectivity index (χ0n) is 10.3. The van der Waals surface area contributed by atoms with Crippen LogP contribution in [-0.4, -0.2) is 12.5 Å². The van der Waals surface area contributed by atoms with Gasteiger partial charge in [-0.2, -0.15) is 0 Å². The molecule has 0 radical (unpaired) electrons. The lowest BCUT2D eigenvalue weighted by molar-refractivity contribution is -0.117. The third-order valence-electron chi connectivity index (χ3n) is 3.49. The largest absolute Gasteiger partial charge is 0.312 e. The van der Waals surface area contributed by atoms with Gasteiger partial charge in [-0.3, -0.25) is 4.79 Å². The number of benzene rings is 1.